The van der Waals surface area contributed by atoms with Crippen molar-refractivity contribution in [2.24, 2.45) is 0 Å². The van der Waals surface area contributed by atoms with Gasteiger partial charge in [-0.2, -0.15) is 0 Å². The fourth-order valence-corrected chi connectivity index (χ4v) is 4.22. The van der Waals surface area contributed by atoms with Crippen molar-refractivity contribution in [2.75, 3.05) is 13.3 Å². The summed E-state index contributed by atoms with van der Waals surface area (Å²) in [6.45, 7) is 6.51. The summed E-state index contributed by atoms with van der Waals surface area (Å²) in [6.07, 6.45) is 1.24. The number of hydrogen-bond donors (Lipinski definition) is 3. The molecule has 9 nitrogen and oxygen atoms in total. The fourth-order valence-electron chi connectivity index (χ4n) is 4.22. The molecule has 10 heteroatoms. The molecular weight excluding hydrogens is 541 g/mol. The third kappa shape index (κ3) is 13.1. The van der Waals surface area contributed by atoms with Gasteiger partial charge in [0.05, 0.1) is 13.3 Å². The highest BCUT2D eigenvalue weighted by Crippen LogP contribution is 2.11. The van der Waals surface area contributed by atoms with Crippen LogP contribution in [0.1, 0.15) is 64.5 Å². The largest absolute Gasteiger partial charge is 0.464 e. The molecular formula is C32H44FN3O6. The van der Waals surface area contributed by atoms with Gasteiger partial charge in [-0.05, 0) is 51.7 Å². The first-order chi connectivity index (χ1) is 20.0. The normalized spacial score (nSPS) is 13.3. The summed E-state index contributed by atoms with van der Waals surface area (Å²) in [5.74, 6) is -1.76. The van der Waals surface area contributed by atoms with Crippen LogP contribution in [0.5, 0.6) is 0 Å². The van der Waals surface area contributed by atoms with Crippen LogP contribution in [0.2, 0.25) is 0 Å². The topological polar surface area (TPSA) is 123 Å². The molecule has 2 aromatic rings. The van der Waals surface area contributed by atoms with E-state index in [1.165, 1.54) is 0 Å². The van der Waals surface area contributed by atoms with Crippen LogP contribution in [-0.2, 0) is 36.7 Å². The molecule has 3 N–H and O–H groups in total. The Morgan fingerprint density at radius 3 is 1.71 bits per heavy atom. The SMILES string of the molecule is CCOC(=O)C(CCCCCF)NC(=O)C(Cc1ccccc1)NC(=O)C(Cc1ccccc1)NC(=O)OC(C)(C)C. The van der Waals surface area contributed by atoms with Gasteiger partial charge in [0.25, 0.3) is 0 Å². The summed E-state index contributed by atoms with van der Waals surface area (Å²) in [5.41, 5.74) is 0.807. The number of rotatable bonds is 16. The molecule has 0 aromatic heterocycles. The van der Waals surface area contributed by atoms with Gasteiger partial charge in [-0.15, -0.1) is 0 Å². The molecule has 0 aliphatic carbocycles. The second-order valence-corrected chi connectivity index (χ2v) is 11.0. The number of ether oxygens (including phenoxy) is 2. The van der Waals surface area contributed by atoms with E-state index in [1.807, 2.05) is 60.7 Å². The molecule has 230 valence electrons. The lowest BCUT2D eigenvalue weighted by molar-refractivity contribution is -0.148. The van der Waals surface area contributed by atoms with Crippen molar-refractivity contribution < 1.29 is 33.0 Å². The first kappa shape index (κ1) is 34.3. The molecule has 2 aromatic carbocycles. The average molecular weight is 586 g/mol. The van der Waals surface area contributed by atoms with Gasteiger partial charge in [-0.3, -0.25) is 14.0 Å². The molecule has 0 bridgehead atoms. The van der Waals surface area contributed by atoms with Gasteiger partial charge in [-0.25, -0.2) is 9.59 Å². The first-order valence-corrected chi connectivity index (χ1v) is 14.4. The second kappa shape index (κ2) is 17.8. The lowest BCUT2D eigenvalue weighted by atomic mass is 10.0. The van der Waals surface area contributed by atoms with E-state index in [0.29, 0.717) is 19.3 Å². The maximum atomic E-state index is 13.6. The summed E-state index contributed by atoms with van der Waals surface area (Å²) in [7, 11) is 0. The molecule has 42 heavy (non-hydrogen) atoms. The Morgan fingerprint density at radius 1 is 0.738 bits per heavy atom. The monoisotopic (exact) mass is 585 g/mol. The van der Waals surface area contributed by atoms with Gasteiger partial charge in [0.2, 0.25) is 11.8 Å². The van der Waals surface area contributed by atoms with Gasteiger partial charge in [0.15, 0.2) is 0 Å². The molecule has 3 atom stereocenters. The zero-order valence-corrected chi connectivity index (χ0v) is 25.0. The zero-order valence-electron chi connectivity index (χ0n) is 25.0. The number of esters is 1. The predicted octanol–water partition coefficient (Wildman–Crippen LogP) is 4.43. The molecule has 3 amide bonds. The average Bonchev–Trinajstić information content (AvgIpc) is 2.94. The lowest BCUT2D eigenvalue weighted by Gasteiger charge is -2.26. The van der Waals surface area contributed by atoms with Gasteiger partial charge in [-0.1, -0.05) is 73.5 Å². The Labute approximate surface area is 247 Å². The summed E-state index contributed by atoms with van der Waals surface area (Å²) in [4.78, 5) is 52.5. The molecule has 0 aliphatic heterocycles. The minimum atomic E-state index is -1.07. The molecule has 0 heterocycles. The maximum Gasteiger partial charge on any atom is 0.408 e. The van der Waals surface area contributed by atoms with Crippen LogP contribution in [0, 0.1) is 0 Å². The Morgan fingerprint density at radius 2 is 1.24 bits per heavy atom. The van der Waals surface area contributed by atoms with E-state index in [4.69, 9.17) is 9.47 Å². The summed E-state index contributed by atoms with van der Waals surface area (Å²) < 4.78 is 23.1. The van der Waals surface area contributed by atoms with Crippen LogP contribution in [0.25, 0.3) is 0 Å². The van der Waals surface area contributed by atoms with Gasteiger partial charge in [0, 0.05) is 12.8 Å². The van der Waals surface area contributed by atoms with Crippen LogP contribution in [-0.4, -0.2) is 60.9 Å². The molecule has 3 unspecified atom stereocenters. The number of hydrogen-bond acceptors (Lipinski definition) is 6. The highest BCUT2D eigenvalue weighted by atomic mass is 19.1. The third-order valence-corrected chi connectivity index (χ3v) is 6.22. The lowest BCUT2D eigenvalue weighted by Crippen LogP contribution is -2.57. The smallest absolute Gasteiger partial charge is 0.408 e. The highest BCUT2D eigenvalue weighted by Gasteiger charge is 2.31. The highest BCUT2D eigenvalue weighted by molar-refractivity contribution is 5.93. The van der Waals surface area contributed by atoms with E-state index in [0.717, 1.165) is 11.1 Å². The van der Waals surface area contributed by atoms with Crippen molar-refractivity contribution >= 4 is 23.9 Å². The van der Waals surface area contributed by atoms with Crippen molar-refractivity contribution in [3.63, 3.8) is 0 Å². The number of benzene rings is 2. The quantitative estimate of drug-likeness (QED) is 0.198. The predicted molar refractivity (Wildman–Crippen MR) is 158 cm³/mol. The molecule has 0 saturated heterocycles. The second-order valence-electron chi connectivity index (χ2n) is 11.0. The molecule has 0 fully saturated rings. The first-order valence-electron chi connectivity index (χ1n) is 14.4. The van der Waals surface area contributed by atoms with Crippen LogP contribution >= 0.6 is 0 Å². The summed E-state index contributed by atoms with van der Waals surface area (Å²) >= 11 is 0. The number of carbonyl (C=O) groups excluding carboxylic acids is 4. The fraction of sp³-hybridized carbons (Fsp3) is 0.500. The standard InChI is InChI=1S/C32H44FN3O6/c1-5-41-30(39)25(19-13-8-14-20-33)34-28(37)26(21-23-15-9-6-10-16-23)35-29(38)27(22-24-17-11-7-12-18-24)36-31(40)42-32(2,3)4/h6-7,9-12,15-18,25-27H,5,8,13-14,19-22H2,1-4H3,(H,34,37)(H,35,38)(H,36,40). The number of halogens is 1. The number of carbonyl (C=O) groups is 4. The van der Waals surface area contributed by atoms with Crippen molar-refractivity contribution in [3.8, 4) is 0 Å². The number of alkyl carbamates (subject to hydrolysis) is 1. The summed E-state index contributed by atoms with van der Waals surface area (Å²) in [5, 5.41) is 8.15. The van der Waals surface area contributed by atoms with Crippen molar-refractivity contribution in [1.82, 2.24) is 16.0 Å². The van der Waals surface area contributed by atoms with Crippen LogP contribution in [0.3, 0.4) is 0 Å². The Balaban J connectivity index is 2.28. The van der Waals surface area contributed by atoms with Crippen molar-refractivity contribution in [1.29, 1.82) is 0 Å². The van der Waals surface area contributed by atoms with Crippen LogP contribution in [0.4, 0.5) is 9.18 Å². The molecule has 0 aliphatic rings. The van der Waals surface area contributed by atoms with E-state index in [-0.39, 0.29) is 25.9 Å². The van der Waals surface area contributed by atoms with Crippen LogP contribution < -0.4 is 16.0 Å². The number of unbranched alkanes of at least 4 members (excludes halogenated alkanes) is 2. The number of alkyl halides is 1. The van der Waals surface area contributed by atoms with E-state index in [2.05, 4.69) is 16.0 Å². The van der Waals surface area contributed by atoms with E-state index < -0.39 is 54.3 Å². The van der Waals surface area contributed by atoms with E-state index >= 15 is 0 Å². The molecule has 0 saturated carbocycles. The van der Waals surface area contributed by atoms with E-state index in [9.17, 15) is 23.6 Å². The number of amides is 3. The van der Waals surface area contributed by atoms with Gasteiger partial charge < -0.3 is 25.4 Å². The summed E-state index contributed by atoms with van der Waals surface area (Å²) in [6, 6.07) is 15.2. The molecule has 0 radical (unpaired) electrons. The van der Waals surface area contributed by atoms with Gasteiger partial charge >= 0.3 is 12.1 Å². The minimum Gasteiger partial charge on any atom is -0.464 e. The molecule has 2 rings (SSSR count). The molecule has 0 spiro atoms. The third-order valence-electron chi connectivity index (χ3n) is 6.22. The van der Waals surface area contributed by atoms with Gasteiger partial charge in [0.1, 0.15) is 23.7 Å². The Bertz CT molecular complexity index is 1120. The number of nitrogens with one attached hydrogen (secondary N) is 3. The minimum absolute atomic E-state index is 0.136. The van der Waals surface area contributed by atoms with E-state index in [1.54, 1.807) is 27.7 Å². The Hall–Kier alpha value is -3.95. The zero-order chi connectivity index (χ0) is 31.0. The Kier molecular flexibility index (Phi) is 14.5. The van der Waals surface area contributed by atoms with Crippen molar-refractivity contribution in [3.05, 3.63) is 71.8 Å². The maximum absolute atomic E-state index is 13.6. The van der Waals surface area contributed by atoms with Crippen molar-refractivity contribution in [2.45, 2.75) is 89.9 Å². The van der Waals surface area contributed by atoms with Crippen LogP contribution in [0.15, 0.2) is 60.7 Å².